The number of thiophene rings is 1. The van der Waals surface area contributed by atoms with Crippen molar-refractivity contribution in [1.82, 2.24) is 4.90 Å². The van der Waals surface area contributed by atoms with Crippen molar-refractivity contribution in [2.75, 3.05) is 6.54 Å². The molecule has 0 saturated carbocycles. The predicted octanol–water partition coefficient (Wildman–Crippen LogP) is 7.35. The lowest BCUT2D eigenvalue weighted by Crippen LogP contribution is -2.34. The molecule has 3 rings (SSSR count). The fraction of sp³-hybridized carbons (Fsp3) is 0.423. The van der Waals surface area contributed by atoms with Crippen LogP contribution in [0.3, 0.4) is 0 Å². The van der Waals surface area contributed by atoms with E-state index in [4.69, 9.17) is 4.99 Å². The zero-order valence-corrected chi connectivity index (χ0v) is 19.1. The second-order valence-corrected chi connectivity index (χ2v) is 9.38. The van der Waals surface area contributed by atoms with Crippen LogP contribution >= 0.6 is 11.3 Å². The second kappa shape index (κ2) is 10.6. The SMILES string of the molecule is CCCCC1=NC=C(/C=C(/C)Cc2cccs2)CN1Cc1ccc(C(C)C)cc1. The first kappa shape index (κ1) is 21.6. The normalized spacial score (nSPS) is 14.9. The Morgan fingerprint density at radius 3 is 2.66 bits per heavy atom. The van der Waals surface area contributed by atoms with Gasteiger partial charge in [0.1, 0.15) is 5.84 Å². The number of hydrogen-bond donors (Lipinski definition) is 0. The Hall–Kier alpha value is -2.13. The lowest BCUT2D eigenvalue weighted by atomic mass is 10.0. The van der Waals surface area contributed by atoms with E-state index >= 15 is 0 Å². The summed E-state index contributed by atoms with van der Waals surface area (Å²) in [4.78, 5) is 8.74. The molecule has 1 aromatic carbocycles. The molecule has 0 N–H and O–H groups in total. The third kappa shape index (κ3) is 6.43. The van der Waals surface area contributed by atoms with Gasteiger partial charge >= 0.3 is 0 Å². The van der Waals surface area contributed by atoms with Crippen LogP contribution in [0.2, 0.25) is 0 Å². The van der Waals surface area contributed by atoms with Crippen LogP contribution in [0.5, 0.6) is 0 Å². The van der Waals surface area contributed by atoms with Crippen LogP contribution in [-0.4, -0.2) is 17.3 Å². The van der Waals surface area contributed by atoms with Crippen LogP contribution in [0.1, 0.15) is 68.9 Å². The molecular weight excluding hydrogens is 372 g/mol. The summed E-state index contributed by atoms with van der Waals surface area (Å²) in [6, 6.07) is 13.4. The van der Waals surface area contributed by atoms with Gasteiger partial charge < -0.3 is 4.90 Å². The van der Waals surface area contributed by atoms with Gasteiger partial charge in [-0.15, -0.1) is 11.3 Å². The lowest BCUT2D eigenvalue weighted by Gasteiger charge is -2.29. The average Bonchev–Trinajstić information content (AvgIpc) is 3.20. The van der Waals surface area contributed by atoms with Gasteiger partial charge in [0.15, 0.2) is 0 Å². The van der Waals surface area contributed by atoms with E-state index in [-0.39, 0.29) is 0 Å². The van der Waals surface area contributed by atoms with E-state index in [0.717, 1.165) is 25.9 Å². The third-order valence-corrected chi connectivity index (χ3v) is 6.23. The Morgan fingerprint density at radius 2 is 2.00 bits per heavy atom. The number of hydrogen-bond acceptors (Lipinski definition) is 3. The molecule has 0 spiro atoms. The summed E-state index contributed by atoms with van der Waals surface area (Å²) >= 11 is 1.83. The largest absolute Gasteiger partial charge is 0.351 e. The number of unbranched alkanes of at least 4 members (excludes halogenated alkanes) is 1. The molecule has 2 nitrogen and oxygen atoms in total. The number of benzene rings is 1. The van der Waals surface area contributed by atoms with E-state index in [9.17, 15) is 0 Å². The maximum Gasteiger partial charge on any atom is 0.105 e. The minimum atomic E-state index is 0.576. The van der Waals surface area contributed by atoms with E-state index in [1.165, 1.54) is 45.8 Å². The van der Waals surface area contributed by atoms with E-state index in [2.05, 4.69) is 86.6 Å². The van der Waals surface area contributed by atoms with Crippen molar-refractivity contribution in [2.45, 2.75) is 65.8 Å². The molecule has 0 saturated heterocycles. The second-order valence-electron chi connectivity index (χ2n) is 8.35. The fourth-order valence-corrected chi connectivity index (χ4v) is 4.46. The molecule has 2 heterocycles. The molecule has 0 atom stereocenters. The monoisotopic (exact) mass is 406 g/mol. The Balaban J connectivity index is 1.72. The molecule has 1 aromatic heterocycles. The van der Waals surface area contributed by atoms with Crippen LogP contribution in [0.4, 0.5) is 0 Å². The molecule has 1 aliphatic rings. The van der Waals surface area contributed by atoms with Crippen molar-refractivity contribution in [2.24, 2.45) is 4.99 Å². The summed E-state index contributed by atoms with van der Waals surface area (Å²) in [6.45, 7) is 10.8. The molecule has 0 fully saturated rings. The van der Waals surface area contributed by atoms with Gasteiger partial charge in [-0.3, -0.25) is 0 Å². The standard InChI is InChI=1S/C26H34N2S/c1-5-6-9-26-27-17-23(15-21(4)16-25-8-7-14-29-25)19-28(26)18-22-10-12-24(13-11-22)20(2)3/h7-8,10-15,17,20H,5-6,9,16,18-19H2,1-4H3/b21-15-. The Bertz CT molecular complexity index is 855. The van der Waals surface area contributed by atoms with Crippen LogP contribution < -0.4 is 0 Å². The highest BCUT2D eigenvalue weighted by Gasteiger charge is 2.17. The molecule has 0 radical (unpaired) electrons. The van der Waals surface area contributed by atoms with Crippen molar-refractivity contribution >= 4 is 17.2 Å². The summed E-state index contributed by atoms with van der Waals surface area (Å²) in [7, 11) is 0. The zero-order chi connectivity index (χ0) is 20.6. The maximum absolute atomic E-state index is 4.86. The molecule has 0 amide bonds. The first-order chi connectivity index (χ1) is 14.0. The van der Waals surface area contributed by atoms with Gasteiger partial charge in [-0.2, -0.15) is 0 Å². The predicted molar refractivity (Wildman–Crippen MR) is 128 cm³/mol. The minimum Gasteiger partial charge on any atom is -0.351 e. The fourth-order valence-electron chi connectivity index (χ4n) is 3.66. The highest BCUT2D eigenvalue weighted by Crippen LogP contribution is 2.21. The van der Waals surface area contributed by atoms with Crippen molar-refractivity contribution in [3.63, 3.8) is 0 Å². The van der Waals surface area contributed by atoms with E-state index in [1.807, 2.05) is 11.3 Å². The van der Waals surface area contributed by atoms with Crippen LogP contribution in [0.15, 0.2) is 70.2 Å². The van der Waals surface area contributed by atoms with Gasteiger partial charge in [-0.05, 0) is 47.4 Å². The average molecular weight is 407 g/mol. The number of rotatable bonds is 9. The maximum atomic E-state index is 4.86. The summed E-state index contributed by atoms with van der Waals surface area (Å²) in [6.07, 6.45) is 8.89. The van der Waals surface area contributed by atoms with Crippen LogP contribution in [-0.2, 0) is 13.0 Å². The number of amidine groups is 1. The van der Waals surface area contributed by atoms with Gasteiger partial charge in [0.25, 0.3) is 0 Å². The highest BCUT2D eigenvalue weighted by atomic mass is 32.1. The summed E-state index contributed by atoms with van der Waals surface area (Å²) < 4.78 is 0. The Morgan fingerprint density at radius 1 is 1.21 bits per heavy atom. The summed E-state index contributed by atoms with van der Waals surface area (Å²) in [5, 5.41) is 2.15. The van der Waals surface area contributed by atoms with Gasteiger partial charge in [0.2, 0.25) is 0 Å². The molecule has 29 heavy (non-hydrogen) atoms. The highest BCUT2D eigenvalue weighted by molar-refractivity contribution is 7.09. The van der Waals surface area contributed by atoms with Crippen molar-refractivity contribution in [3.8, 4) is 0 Å². The van der Waals surface area contributed by atoms with E-state index < -0.39 is 0 Å². The van der Waals surface area contributed by atoms with Crippen molar-refractivity contribution in [1.29, 1.82) is 0 Å². The van der Waals surface area contributed by atoms with Gasteiger partial charge in [0, 0.05) is 37.0 Å². The van der Waals surface area contributed by atoms with Gasteiger partial charge in [-0.1, -0.05) is 69.2 Å². The first-order valence-corrected chi connectivity index (χ1v) is 11.7. The van der Waals surface area contributed by atoms with Crippen LogP contribution in [0.25, 0.3) is 0 Å². The van der Waals surface area contributed by atoms with E-state index in [0.29, 0.717) is 5.92 Å². The van der Waals surface area contributed by atoms with Crippen molar-refractivity contribution in [3.05, 3.63) is 81.2 Å². The lowest BCUT2D eigenvalue weighted by molar-refractivity contribution is 0.430. The van der Waals surface area contributed by atoms with Crippen LogP contribution in [0, 0.1) is 0 Å². The summed E-state index contributed by atoms with van der Waals surface area (Å²) in [5.74, 6) is 1.81. The summed E-state index contributed by atoms with van der Waals surface area (Å²) in [5.41, 5.74) is 5.46. The number of aliphatic imine (C=N–C) groups is 1. The topological polar surface area (TPSA) is 15.6 Å². The molecule has 0 unspecified atom stereocenters. The smallest absolute Gasteiger partial charge is 0.105 e. The van der Waals surface area contributed by atoms with Gasteiger partial charge in [-0.25, -0.2) is 4.99 Å². The zero-order valence-electron chi connectivity index (χ0n) is 18.3. The molecule has 154 valence electrons. The first-order valence-electron chi connectivity index (χ1n) is 10.8. The van der Waals surface area contributed by atoms with Gasteiger partial charge in [0.05, 0.1) is 0 Å². The molecule has 0 bridgehead atoms. The number of nitrogens with zero attached hydrogens (tertiary/aromatic N) is 2. The quantitative estimate of drug-likeness (QED) is 0.425. The number of allylic oxidation sites excluding steroid dienone is 1. The Labute approximate surface area is 180 Å². The Kier molecular flexibility index (Phi) is 7.88. The third-order valence-electron chi connectivity index (χ3n) is 5.36. The molecule has 3 heteroatoms. The minimum absolute atomic E-state index is 0.576. The molecular formula is C26H34N2S. The van der Waals surface area contributed by atoms with E-state index in [1.54, 1.807) is 0 Å². The molecule has 1 aliphatic heterocycles. The van der Waals surface area contributed by atoms with Crippen molar-refractivity contribution < 1.29 is 0 Å². The molecule has 2 aromatic rings. The molecule has 0 aliphatic carbocycles.